The first-order valence-corrected chi connectivity index (χ1v) is 6.82. The van der Waals surface area contributed by atoms with E-state index in [0.29, 0.717) is 11.3 Å². The Kier molecular flexibility index (Phi) is 3.70. The van der Waals surface area contributed by atoms with Crippen LogP contribution >= 0.6 is 0 Å². The largest absolute Gasteiger partial charge is 0.295 e. The molecule has 0 amide bonds. The molecule has 0 radical (unpaired) electrons. The Balaban J connectivity index is 1.97. The minimum Gasteiger partial charge on any atom is -0.295 e. The lowest BCUT2D eigenvalue weighted by Gasteiger charge is -1.99. The zero-order valence-electron chi connectivity index (χ0n) is 12.0. The Morgan fingerprint density at radius 1 is 1.09 bits per heavy atom. The molecule has 0 saturated carbocycles. The number of aryl methyl sites for hydroxylation is 1. The Morgan fingerprint density at radius 2 is 1.77 bits per heavy atom. The number of hydrogen-bond donors (Lipinski definition) is 1. The fourth-order valence-electron chi connectivity index (χ4n) is 2.14. The van der Waals surface area contributed by atoms with E-state index in [9.17, 15) is 9.18 Å². The van der Waals surface area contributed by atoms with Crippen LogP contribution in [-0.2, 0) is 0 Å². The van der Waals surface area contributed by atoms with Crippen molar-refractivity contribution in [3.63, 3.8) is 0 Å². The molecular formula is C17H14FN3O. The van der Waals surface area contributed by atoms with Crippen molar-refractivity contribution in [2.75, 3.05) is 0 Å². The van der Waals surface area contributed by atoms with Crippen LogP contribution in [0.5, 0.6) is 0 Å². The molecule has 2 aromatic carbocycles. The maximum Gasteiger partial charge on any atom is 0.280 e. The lowest BCUT2D eigenvalue weighted by Crippen LogP contribution is -2.17. The van der Waals surface area contributed by atoms with Crippen molar-refractivity contribution in [1.29, 1.82) is 0 Å². The third-order valence-corrected chi connectivity index (χ3v) is 3.30. The second-order valence-electron chi connectivity index (χ2n) is 4.86. The zero-order valence-corrected chi connectivity index (χ0v) is 12.0. The molecule has 0 aliphatic carbocycles. The molecule has 22 heavy (non-hydrogen) atoms. The van der Waals surface area contributed by atoms with Gasteiger partial charge in [0.15, 0.2) is 0 Å². The maximum absolute atomic E-state index is 12.9. The summed E-state index contributed by atoms with van der Waals surface area (Å²) in [6, 6.07) is 15.1. The molecule has 0 saturated heterocycles. The molecule has 5 heteroatoms. The first-order chi connectivity index (χ1) is 10.6. The van der Waals surface area contributed by atoms with Gasteiger partial charge in [0.05, 0.1) is 16.9 Å². The highest BCUT2D eigenvalue weighted by Gasteiger charge is 2.10. The second kappa shape index (κ2) is 5.81. The average Bonchev–Trinajstić information content (AvgIpc) is 2.82. The fourth-order valence-corrected chi connectivity index (χ4v) is 2.14. The number of hydrogen-bond acceptors (Lipinski definition) is 2. The monoisotopic (exact) mass is 295 g/mol. The Hall–Kier alpha value is -2.95. The quantitative estimate of drug-likeness (QED) is 0.740. The van der Waals surface area contributed by atoms with Gasteiger partial charge in [0.1, 0.15) is 5.82 Å². The number of benzene rings is 2. The number of para-hydroxylation sites is 1. The molecule has 0 aliphatic heterocycles. The summed E-state index contributed by atoms with van der Waals surface area (Å²) >= 11 is 0. The maximum atomic E-state index is 12.9. The Morgan fingerprint density at radius 3 is 2.45 bits per heavy atom. The van der Waals surface area contributed by atoms with Crippen molar-refractivity contribution >= 4 is 11.9 Å². The molecule has 110 valence electrons. The summed E-state index contributed by atoms with van der Waals surface area (Å²) in [5.41, 5.74) is 2.38. The number of halogens is 1. The topological polar surface area (TPSA) is 50.1 Å². The highest BCUT2D eigenvalue weighted by Crippen LogP contribution is 2.12. The molecule has 0 bridgehead atoms. The van der Waals surface area contributed by atoms with Crippen LogP contribution in [0, 0.1) is 12.7 Å². The lowest BCUT2D eigenvalue weighted by molar-refractivity contribution is 0.628. The predicted octanol–water partition coefficient (Wildman–Crippen LogP) is 3.36. The zero-order chi connectivity index (χ0) is 15.5. The first kappa shape index (κ1) is 14.0. The van der Waals surface area contributed by atoms with Gasteiger partial charge in [-0.15, -0.1) is 0 Å². The summed E-state index contributed by atoms with van der Waals surface area (Å²) in [6.45, 7) is 1.81. The van der Waals surface area contributed by atoms with Gasteiger partial charge in [-0.2, -0.15) is 0 Å². The molecule has 0 fully saturated rings. The van der Waals surface area contributed by atoms with Gasteiger partial charge < -0.3 is 0 Å². The molecule has 0 atom stereocenters. The minimum absolute atomic E-state index is 0.172. The lowest BCUT2D eigenvalue weighted by atomic mass is 10.2. The van der Waals surface area contributed by atoms with Gasteiger partial charge in [0.2, 0.25) is 0 Å². The van der Waals surface area contributed by atoms with Gasteiger partial charge >= 0.3 is 0 Å². The van der Waals surface area contributed by atoms with Crippen LogP contribution in [-0.4, -0.2) is 16.0 Å². The molecule has 0 aliphatic rings. The third-order valence-electron chi connectivity index (χ3n) is 3.30. The standard InChI is InChI=1S/C17H14FN3O/c1-12-16(11-19-14-9-7-13(18)8-10-14)17(22)21(20-12)15-5-3-2-4-6-15/h2-11,20H,1H3. The Bertz CT molecular complexity index is 861. The van der Waals surface area contributed by atoms with Gasteiger partial charge in [-0.25, -0.2) is 9.07 Å². The fraction of sp³-hybridized carbons (Fsp3) is 0.0588. The molecule has 0 unspecified atom stereocenters. The summed E-state index contributed by atoms with van der Waals surface area (Å²) in [5.74, 6) is -0.316. The summed E-state index contributed by atoms with van der Waals surface area (Å²) in [7, 11) is 0. The summed E-state index contributed by atoms with van der Waals surface area (Å²) in [4.78, 5) is 16.7. The Labute approximate surface area is 126 Å². The van der Waals surface area contributed by atoms with Crippen molar-refractivity contribution in [3.8, 4) is 5.69 Å². The van der Waals surface area contributed by atoms with Gasteiger partial charge in [-0.05, 0) is 43.3 Å². The smallest absolute Gasteiger partial charge is 0.280 e. The number of aromatic nitrogens is 2. The van der Waals surface area contributed by atoms with E-state index < -0.39 is 0 Å². The van der Waals surface area contributed by atoms with E-state index in [1.165, 1.54) is 23.0 Å². The SMILES string of the molecule is Cc1[nH]n(-c2ccccc2)c(=O)c1C=Nc1ccc(F)cc1. The van der Waals surface area contributed by atoms with Crippen LogP contribution in [0.4, 0.5) is 10.1 Å². The first-order valence-electron chi connectivity index (χ1n) is 6.82. The molecule has 3 aromatic rings. The van der Waals surface area contributed by atoms with Crippen molar-refractivity contribution in [2.45, 2.75) is 6.92 Å². The molecular weight excluding hydrogens is 281 g/mol. The molecule has 0 spiro atoms. The van der Waals surface area contributed by atoms with Gasteiger partial charge in [0, 0.05) is 11.9 Å². The van der Waals surface area contributed by atoms with Gasteiger partial charge in [0.25, 0.3) is 5.56 Å². The molecule has 3 rings (SSSR count). The van der Waals surface area contributed by atoms with Gasteiger partial charge in [-0.3, -0.25) is 14.9 Å². The van der Waals surface area contributed by atoms with Crippen LogP contribution in [0.1, 0.15) is 11.3 Å². The van der Waals surface area contributed by atoms with Gasteiger partial charge in [-0.1, -0.05) is 18.2 Å². The molecule has 1 N–H and O–H groups in total. The number of nitrogens with one attached hydrogen (secondary N) is 1. The van der Waals surface area contributed by atoms with E-state index in [2.05, 4.69) is 10.1 Å². The average molecular weight is 295 g/mol. The van der Waals surface area contributed by atoms with Crippen LogP contribution in [0.15, 0.2) is 64.4 Å². The highest BCUT2D eigenvalue weighted by molar-refractivity contribution is 5.82. The number of rotatable bonds is 3. The van der Waals surface area contributed by atoms with E-state index in [1.807, 2.05) is 37.3 Å². The van der Waals surface area contributed by atoms with E-state index in [0.717, 1.165) is 11.4 Å². The number of aliphatic imine (C=N–C) groups is 1. The number of H-pyrrole nitrogens is 1. The van der Waals surface area contributed by atoms with Crippen molar-refractivity contribution in [3.05, 3.63) is 82.0 Å². The van der Waals surface area contributed by atoms with E-state index in [4.69, 9.17) is 0 Å². The van der Waals surface area contributed by atoms with Crippen LogP contribution in [0.3, 0.4) is 0 Å². The van der Waals surface area contributed by atoms with Crippen LogP contribution < -0.4 is 5.56 Å². The molecule has 4 nitrogen and oxygen atoms in total. The summed E-state index contributed by atoms with van der Waals surface area (Å²) in [5, 5.41) is 3.03. The summed E-state index contributed by atoms with van der Waals surface area (Å²) in [6.07, 6.45) is 1.50. The van der Waals surface area contributed by atoms with Crippen LogP contribution in [0.2, 0.25) is 0 Å². The van der Waals surface area contributed by atoms with Crippen molar-refractivity contribution < 1.29 is 4.39 Å². The molecule has 1 heterocycles. The predicted molar refractivity (Wildman–Crippen MR) is 84.8 cm³/mol. The highest BCUT2D eigenvalue weighted by atomic mass is 19.1. The second-order valence-corrected chi connectivity index (χ2v) is 4.86. The molecule has 1 aromatic heterocycles. The third kappa shape index (κ3) is 2.74. The van der Waals surface area contributed by atoms with E-state index in [1.54, 1.807) is 12.1 Å². The van der Waals surface area contributed by atoms with Crippen molar-refractivity contribution in [1.82, 2.24) is 9.78 Å². The normalized spacial score (nSPS) is 11.2. The van der Waals surface area contributed by atoms with Crippen molar-refractivity contribution in [2.24, 2.45) is 4.99 Å². The van der Waals surface area contributed by atoms with Crippen LogP contribution in [0.25, 0.3) is 5.69 Å². The van der Waals surface area contributed by atoms with E-state index >= 15 is 0 Å². The summed E-state index contributed by atoms with van der Waals surface area (Å²) < 4.78 is 14.3. The number of nitrogens with zero attached hydrogens (tertiary/aromatic N) is 2. The van der Waals surface area contributed by atoms with E-state index in [-0.39, 0.29) is 11.4 Å². The minimum atomic E-state index is -0.316. The number of aromatic amines is 1.